The number of unbranched alkanes of at least 4 members (excludes halogenated alkanes) is 1. The van der Waals surface area contributed by atoms with Crippen LogP contribution in [0.5, 0.6) is 0 Å². The maximum atomic E-state index is 10.7. The van der Waals surface area contributed by atoms with Gasteiger partial charge in [0.05, 0.1) is 19.6 Å². The van der Waals surface area contributed by atoms with Crippen molar-refractivity contribution in [3.05, 3.63) is 12.2 Å². The highest BCUT2D eigenvalue weighted by Crippen LogP contribution is 2.16. The van der Waals surface area contributed by atoms with E-state index >= 15 is 0 Å². The van der Waals surface area contributed by atoms with Crippen molar-refractivity contribution >= 4 is 5.97 Å². The lowest BCUT2D eigenvalue weighted by Crippen LogP contribution is -2.53. The molecule has 0 saturated carbocycles. The molecule has 0 aliphatic rings. The van der Waals surface area contributed by atoms with Crippen molar-refractivity contribution in [2.24, 2.45) is 0 Å². The molecule has 0 radical (unpaired) electrons. The second kappa shape index (κ2) is 13.6. The van der Waals surface area contributed by atoms with Crippen LogP contribution in [0, 0.1) is 0 Å². The summed E-state index contributed by atoms with van der Waals surface area (Å²) in [6.07, 6.45) is 11.0. The molecule has 0 fully saturated rings. The molecule has 4 nitrogen and oxygen atoms in total. The molecule has 0 heterocycles. The standard InChI is InChI=1S/C19H37NO3/c1-4-7-8-9-12-18(21)17-20(14-5-2,15-6-3)16-11-10-13-19(22)23/h7-8,18,21H,4-6,9-17H2,1-3H3/p+1/b8-7+. The van der Waals surface area contributed by atoms with Gasteiger partial charge >= 0.3 is 5.97 Å². The van der Waals surface area contributed by atoms with Gasteiger partial charge in [-0.05, 0) is 44.9 Å². The van der Waals surface area contributed by atoms with Crippen molar-refractivity contribution in [3.8, 4) is 0 Å². The first kappa shape index (κ1) is 22.1. The Hall–Kier alpha value is -0.870. The van der Waals surface area contributed by atoms with E-state index in [1.807, 2.05) is 0 Å². The summed E-state index contributed by atoms with van der Waals surface area (Å²) in [5.74, 6) is -0.711. The van der Waals surface area contributed by atoms with Crippen molar-refractivity contribution < 1.29 is 19.5 Å². The van der Waals surface area contributed by atoms with Crippen LogP contribution < -0.4 is 0 Å². The number of carbonyl (C=O) groups is 1. The predicted molar refractivity (Wildman–Crippen MR) is 96.5 cm³/mol. The Morgan fingerprint density at radius 3 is 2.22 bits per heavy atom. The second-order valence-corrected chi connectivity index (χ2v) is 6.66. The predicted octanol–water partition coefficient (Wildman–Crippen LogP) is 3.99. The third-order valence-corrected chi connectivity index (χ3v) is 4.34. The normalized spacial score (nSPS) is 13.6. The van der Waals surface area contributed by atoms with Crippen molar-refractivity contribution in [1.82, 2.24) is 0 Å². The summed E-state index contributed by atoms with van der Waals surface area (Å²) in [5.41, 5.74) is 0. The zero-order valence-electron chi connectivity index (χ0n) is 15.5. The highest BCUT2D eigenvalue weighted by molar-refractivity contribution is 5.66. The lowest BCUT2D eigenvalue weighted by Gasteiger charge is -2.40. The number of carboxylic acids is 1. The zero-order chi connectivity index (χ0) is 17.6. The summed E-state index contributed by atoms with van der Waals surface area (Å²) in [4.78, 5) is 10.7. The van der Waals surface area contributed by atoms with E-state index in [0.29, 0.717) is 0 Å². The number of aliphatic hydroxyl groups is 1. The molecular weight excluding hydrogens is 290 g/mol. The Balaban J connectivity index is 4.55. The summed E-state index contributed by atoms with van der Waals surface area (Å²) in [7, 11) is 0. The number of carboxylic acid groups (broad SMARTS) is 1. The first-order valence-corrected chi connectivity index (χ1v) is 9.39. The summed E-state index contributed by atoms with van der Waals surface area (Å²) in [6, 6.07) is 0. The average Bonchev–Trinajstić information content (AvgIpc) is 2.48. The van der Waals surface area contributed by atoms with Crippen molar-refractivity contribution in [1.29, 1.82) is 0 Å². The number of hydrogen-bond acceptors (Lipinski definition) is 2. The molecule has 4 heteroatoms. The highest BCUT2D eigenvalue weighted by atomic mass is 16.4. The van der Waals surface area contributed by atoms with Gasteiger partial charge in [-0.25, -0.2) is 0 Å². The van der Waals surface area contributed by atoms with Gasteiger partial charge < -0.3 is 14.7 Å². The van der Waals surface area contributed by atoms with Gasteiger partial charge in [0.25, 0.3) is 0 Å². The molecule has 0 aliphatic carbocycles. The third-order valence-electron chi connectivity index (χ3n) is 4.34. The van der Waals surface area contributed by atoms with Crippen LogP contribution in [-0.2, 0) is 4.79 Å². The van der Waals surface area contributed by atoms with Crippen LogP contribution in [0.4, 0.5) is 0 Å². The summed E-state index contributed by atoms with van der Waals surface area (Å²) >= 11 is 0. The minimum atomic E-state index is -0.711. The Kier molecular flexibility index (Phi) is 13.0. The highest BCUT2D eigenvalue weighted by Gasteiger charge is 2.28. The van der Waals surface area contributed by atoms with Gasteiger partial charge in [-0.2, -0.15) is 0 Å². The van der Waals surface area contributed by atoms with Crippen molar-refractivity contribution in [2.45, 2.75) is 78.2 Å². The SMILES string of the molecule is CC/C=C/CCC(O)C[N+](CCC)(CCC)CCCCC(=O)O. The first-order valence-electron chi connectivity index (χ1n) is 9.39. The summed E-state index contributed by atoms with van der Waals surface area (Å²) < 4.78 is 0.936. The summed E-state index contributed by atoms with van der Waals surface area (Å²) in [5, 5.41) is 19.2. The monoisotopic (exact) mass is 328 g/mol. The molecule has 0 spiro atoms. The maximum Gasteiger partial charge on any atom is 0.303 e. The van der Waals surface area contributed by atoms with E-state index in [1.165, 1.54) is 0 Å². The van der Waals surface area contributed by atoms with Gasteiger partial charge in [-0.1, -0.05) is 32.9 Å². The Labute approximate surface area is 142 Å². The molecule has 0 aliphatic heterocycles. The lowest BCUT2D eigenvalue weighted by molar-refractivity contribution is -0.931. The van der Waals surface area contributed by atoms with E-state index in [9.17, 15) is 9.90 Å². The van der Waals surface area contributed by atoms with E-state index in [1.54, 1.807) is 0 Å². The fraction of sp³-hybridized carbons (Fsp3) is 0.842. The first-order chi connectivity index (χ1) is 11.0. The molecule has 1 unspecified atom stereocenters. The average molecular weight is 329 g/mol. The van der Waals surface area contributed by atoms with Gasteiger partial charge in [0.1, 0.15) is 12.6 Å². The molecule has 1 atom stereocenters. The van der Waals surface area contributed by atoms with Crippen LogP contribution in [0.25, 0.3) is 0 Å². The zero-order valence-corrected chi connectivity index (χ0v) is 15.5. The fourth-order valence-corrected chi connectivity index (χ4v) is 3.39. The third kappa shape index (κ3) is 11.3. The minimum Gasteiger partial charge on any atom is -0.481 e. The number of rotatable bonds is 15. The molecule has 0 aromatic carbocycles. The molecule has 0 rings (SSSR count). The van der Waals surface area contributed by atoms with Gasteiger partial charge in [0, 0.05) is 6.42 Å². The Morgan fingerprint density at radius 2 is 1.70 bits per heavy atom. The number of quaternary nitrogens is 1. The summed E-state index contributed by atoms with van der Waals surface area (Å²) in [6.45, 7) is 10.4. The van der Waals surface area contributed by atoms with Crippen LogP contribution in [-0.4, -0.2) is 52.9 Å². The Bertz CT molecular complexity index is 323. The number of aliphatic carboxylic acids is 1. The minimum absolute atomic E-state index is 0.253. The van der Waals surface area contributed by atoms with Crippen LogP contribution in [0.15, 0.2) is 12.2 Å². The Morgan fingerprint density at radius 1 is 1.04 bits per heavy atom. The smallest absolute Gasteiger partial charge is 0.303 e. The quantitative estimate of drug-likeness (QED) is 0.271. The van der Waals surface area contributed by atoms with Gasteiger partial charge in [-0.3, -0.25) is 4.79 Å². The van der Waals surface area contributed by atoms with E-state index in [0.717, 1.165) is 75.6 Å². The number of aliphatic hydroxyl groups excluding tert-OH is 1. The second-order valence-electron chi connectivity index (χ2n) is 6.66. The molecular formula is C19H38NO3+. The molecule has 0 amide bonds. The van der Waals surface area contributed by atoms with Crippen LogP contribution >= 0.6 is 0 Å². The lowest BCUT2D eigenvalue weighted by atomic mass is 10.1. The van der Waals surface area contributed by atoms with E-state index in [4.69, 9.17) is 5.11 Å². The van der Waals surface area contributed by atoms with Gasteiger partial charge in [0.15, 0.2) is 0 Å². The van der Waals surface area contributed by atoms with Crippen molar-refractivity contribution in [2.75, 3.05) is 26.2 Å². The van der Waals surface area contributed by atoms with Crippen molar-refractivity contribution in [3.63, 3.8) is 0 Å². The largest absolute Gasteiger partial charge is 0.481 e. The topological polar surface area (TPSA) is 57.5 Å². The number of nitrogens with zero attached hydrogens (tertiary/aromatic N) is 1. The number of allylic oxidation sites excluding steroid dienone is 2. The van der Waals surface area contributed by atoms with Gasteiger partial charge in [-0.15, -0.1) is 0 Å². The fourth-order valence-electron chi connectivity index (χ4n) is 3.39. The van der Waals surface area contributed by atoms with E-state index in [2.05, 4.69) is 32.9 Å². The molecule has 2 N–H and O–H groups in total. The molecule has 23 heavy (non-hydrogen) atoms. The molecule has 0 aromatic heterocycles. The molecule has 136 valence electrons. The molecule has 0 bridgehead atoms. The van der Waals surface area contributed by atoms with Gasteiger partial charge in [0.2, 0.25) is 0 Å². The van der Waals surface area contributed by atoms with E-state index in [-0.39, 0.29) is 12.5 Å². The van der Waals surface area contributed by atoms with Crippen LogP contribution in [0.1, 0.15) is 72.1 Å². The van der Waals surface area contributed by atoms with E-state index < -0.39 is 5.97 Å². The molecule has 0 saturated heterocycles. The van der Waals surface area contributed by atoms with Crippen LogP contribution in [0.2, 0.25) is 0 Å². The maximum absolute atomic E-state index is 10.7. The number of hydrogen-bond donors (Lipinski definition) is 2. The van der Waals surface area contributed by atoms with Crippen LogP contribution in [0.3, 0.4) is 0 Å². The molecule has 0 aromatic rings.